The molecule has 1 aliphatic heterocycles. The molecular formula is C25H26ClF2N2NaO9. The van der Waals surface area contributed by atoms with Crippen molar-refractivity contribution in [1.29, 1.82) is 0 Å². The van der Waals surface area contributed by atoms with E-state index in [2.05, 4.69) is 10.6 Å². The summed E-state index contributed by atoms with van der Waals surface area (Å²) in [6, 6.07) is 7.45. The number of hydrogen-bond acceptors (Lipinski definition) is 9. The fraction of sp³-hybridized carbons (Fsp3) is 0.400. The average Bonchev–Trinajstić information content (AvgIpc) is 2.88. The second-order valence-electron chi connectivity index (χ2n) is 8.90. The second kappa shape index (κ2) is 14.6. The van der Waals surface area contributed by atoms with Crippen molar-refractivity contribution in [2.24, 2.45) is 0 Å². The number of aliphatic hydroxyl groups is 3. The fourth-order valence-electron chi connectivity index (χ4n) is 4.04. The van der Waals surface area contributed by atoms with Crippen LogP contribution in [0.5, 0.6) is 0 Å². The molecule has 0 radical (unpaired) electrons. The number of halogens is 3. The minimum absolute atomic E-state index is 0. The summed E-state index contributed by atoms with van der Waals surface area (Å²) < 4.78 is 38.4. The molecule has 1 fully saturated rings. The first-order valence-electron chi connectivity index (χ1n) is 11.7. The van der Waals surface area contributed by atoms with Gasteiger partial charge in [0.05, 0.1) is 24.9 Å². The molecule has 0 bridgehead atoms. The van der Waals surface area contributed by atoms with Crippen molar-refractivity contribution < 1.29 is 82.6 Å². The maximum absolute atomic E-state index is 14.1. The Morgan fingerprint density at radius 3 is 2.45 bits per heavy atom. The minimum Gasteiger partial charge on any atom is -0.544 e. The van der Waals surface area contributed by atoms with Gasteiger partial charge in [-0.05, 0) is 30.3 Å². The van der Waals surface area contributed by atoms with Crippen LogP contribution in [0.4, 0.5) is 8.78 Å². The molecule has 212 valence electrons. The van der Waals surface area contributed by atoms with Gasteiger partial charge in [-0.2, -0.15) is 0 Å². The van der Waals surface area contributed by atoms with Gasteiger partial charge in [0.1, 0.15) is 18.2 Å². The number of nitrogens with one attached hydrogen (secondary N) is 2. The number of carbonyl (C=O) groups excluding carboxylic acids is 3. The van der Waals surface area contributed by atoms with Crippen LogP contribution in [0.3, 0.4) is 0 Å². The Morgan fingerprint density at radius 2 is 1.85 bits per heavy atom. The Balaban J connectivity index is 0.00000560. The Morgan fingerprint density at radius 1 is 1.20 bits per heavy atom. The molecule has 6 atom stereocenters. The van der Waals surface area contributed by atoms with E-state index in [9.17, 15) is 43.6 Å². The summed E-state index contributed by atoms with van der Waals surface area (Å²) in [5.74, 6) is -8.67. The largest absolute Gasteiger partial charge is 1.00 e. The number of benzene rings is 2. The number of carboxylic acid groups (broad SMARTS) is 1. The zero-order chi connectivity index (χ0) is 28.9. The molecule has 0 spiro atoms. The van der Waals surface area contributed by atoms with Crippen molar-refractivity contribution in [3.8, 4) is 0 Å². The number of aliphatic hydroxyl groups excluding tert-OH is 3. The Hall–Kier alpha value is -2.20. The van der Waals surface area contributed by atoms with E-state index < -0.39 is 85.2 Å². The summed E-state index contributed by atoms with van der Waals surface area (Å²) in [6.07, 6.45) is -8.20. The fourth-order valence-corrected chi connectivity index (χ4v) is 4.16. The van der Waals surface area contributed by atoms with Crippen molar-refractivity contribution in [2.45, 2.75) is 56.2 Å². The summed E-state index contributed by atoms with van der Waals surface area (Å²) in [5, 5.41) is 49.3. The summed E-state index contributed by atoms with van der Waals surface area (Å²) in [5.41, 5.74) is -0.185. The van der Waals surface area contributed by atoms with Gasteiger partial charge < -0.3 is 45.3 Å². The number of hydrogen-bond donors (Lipinski definition) is 5. The number of carboxylic acids is 1. The Labute approximate surface area is 254 Å². The van der Waals surface area contributed by atoms with Crippen molar-refractivity contribution in [1.82, 2.24) is 10.6 Å². The van der Waals surface area contributed by atoms with Crippen LogP contribution in [-0.4, -0.2) is 75.9 Å². The molecular weight excluding hydrogens is 569 g/mol. The minimum atomic E-state index is -2.80. The summed E-state index contributed by atoms with van der Waals surface area (Å²) >= 11 is 5.79. The number of amides is 2. The van der Waals surface area contributed by atoms with E-state index in [-0.39, 0.29) is 40.7 Å². The maximum Gasteiger partial charge on any atom is 1.00 e. The first-order chi connectivity index (χ1) is 18.3. The molecule has 2 aromatic rings. The number of aliphatic carboxylic acids is 1. The normalized spacial score (nSPS) is 23.8. The Kier molecular flexibility index (Phi) is 12.4. The predicted octanol–water partition coefficient (Wildman–Crippen LogP) is -3.61. The van der Waals surface area contributed by atoms with Crippen molar-refractivity contribution in [2.75, 3.05) is 6.54 Å². The topological polar surface area (TPSA) is 177 Å². The first kappa shape index (κ1) is 34.0. The average molecular weight is 595 g/mol. The van der Waals surface area contributed by atoms with Crippen LogP contribution >= 0.6 is 11.6 Å². The molecule has 1 saturated heterocycles. The quantitative estimate of drug-likeness (QED) is 0.174. The van der Waals surface area contributed by atoms with E-state index in [1.807, 2.05) is 0 Å². The van der Waals surface area contributed by atoms with Crippen LogP contribution < -0.4 is 45.3 Å². The molecule has 1 heterocycles. The van der Waals surface area contributed by atoms with Crippen molar-refractivity contribution >= 4 is 29.4 Å². The molecule has 3 rings (SSSR count). The van der Waals surface area contributed by atoms with Gasteiger partial charge in [0.15, 0.2) is 11.6 Å². The van der Waals surface area contributed by atoms with E-state index in [1.54, 1.807) is 0 Å². The van der Waals surface area contributed by atoms with E-state index in [0.717, 1.165) is 25.1 Å². The molecule has 2 amide bonds. The van der Waals surface area contributed by atoms with E-state index in [1.165, 1.54) is 24.3 Å². The number of rotatable bonds is 10. The smallest absolute Gasteiger partial charge is 0.544 e. The number of ether oxygens (including phenoxy) is 2. The van der Waals surface area contributed by atoms with Crippen LogP contribution in [0, 0.1) is 11.6 Å². The van der Waals surface area contributed by atoms with Gasteiger partial charge in [0.2, 0.25) is 11.7 Å². The third-order valence-corrected chi connectivity index (χ3v) is 6.31. The second-order valence-corrected chi connectivity index (χ2v) is 9.33. The van der Waals surface area contributed by atoms with Gasteiger partial charge in [-0.1, -0.05) is 23.7 Å². The summed E-state index contributed by atoms with van der Waals surface area (Å²) in [4.78, 5) is 36.2. The number of carbonyl (C=O) groups is 3. The molecule has 0 aromatic heterocycles. The maximum atomic E-state index is 14.1. The van der Waals surface area contributed by atoms with Crippen LogP contribution in [-0.2, 0) is 25.7 Å². The van der Waals surface area contributed by atoms with E-state index in [0.29, 0.717) is 5.02 Å². The van der Waals surface area contributed by atoms with Crippen molar-refractivity contribution in [3.63, 3.8) is 0 Å². The SMILES string of the molecule is CC(=O)N[C@H]1[C@H]([C@@H](O)[C@H](O)CNC(=O)c2ccc(Cl)cc2)O[C@@](OCc2cccc(F)c2F)(C(=O)[O-])C[C@@H]1O.[Na+]. The van der Waals surface area contributed by atoms with Gasteiger partial charge in [0.25, 0.3) is 5.91 Å². The predicted molar refractivity (Wildman–Crippen MR) is 128 cm³/mol. The van der Waals surface area contributed by atoms with Crippen molar-refractivity contribution in [3.05, 3.63) is 70.2 Å². The molecule has 40 heavy (non-hydrogen) atoms. The monoisotopic (exact) mass is 594 g/mol. The molecule has 15 heteroatoms. The molecule has 2 aromatic carbocycles. The molecule has 0 aliphatic carbocycles. The van der Waals surface area contributed by atoms with Gasteiger partial charge in [-0.3, -0.25) is 9.59 Å². The summed E-state index contributed by atoms with van der Waals surface area (Å²) in [6.45, 7) is -0.306. The third kappa shape index (κ3) is 8.18. The standard InChI is InChI=1S/C25H27ClF2N2O9.Na/c1-12(31)30-20-17(32)9-25(24(36)37,38-11-14-3-2-4-16(27)19(14)28)39-22(20)21(34)18(33)10-29-23(35)13-5-7-15(26)8-6-13;/h2-8,17-18,20-22,32-34H,9-11H2,1H3,(H,29,35)(H,30,31)(H,36,37);/q;+1/p-1/t17-,18+,20+,21-,22+,25+;/m0./s1. The van der Waals surface area contributed by atoms with Gasteiger partial charge >= 0.3 is 29.6 Å². The summed E-state index contributed by atoms with van der Waals surface area (Å²) in [7, 11) is 0. The van der Waals surface area contributed by atoms with Gasteiger partial charge in [-0.25, -0.2) is 8.78 Å². The zero-order valence-corrected chi connectivity index (χ0v) is 24.2. The van der Waals surface area contributed by atoms with Crippen LogP contribution in [0.25, 0.3) is 0 Å². The first-order valence-corrected chi connectivity index (χ1v) is 12.0. The van der Waals surface area contributed by atoms with Crippen LogP contribution in [0.2, 0.25) is 5.02 Å². The third-order valence-electron chi connectivity index (χ3n) is 6.06. The molecule has 5 N–H and O–H groups in total. The van der Waals surface area contributed by atoms with Gasteiger partial charge in [-0.15, -0.1) is 0 Å². The van der Waals surface area contributed by atoms with Crippen LogP contribution in [0.1, 0.15) is 29.3 Å². The van der Waals surface area contributed by atoms with E-state index in [4.69, 9.17) is 21.1 Å². The molecule has 11 nitrogen and oxygen atoms in total. The zero-order valence-electron chi connectivity index (χ0n) is 21.5. The van der Waals surface area contributed by atoms with Crippen LogP contribution in [0.15, 0.2) is 42.5 Å². The van der Waals surface area contributed by atoms with Gasteiger partial charge in [0, 0.05) is 36.0 Å². The molecule has 0 unspecified atom stereocenters. The molecule has 0 saturated carbocycles. The van der Waals surface area contributed by atoms with E-state index >= 15 is 0 Å². The Bertz CT molecular complexity index is 1210. The molecule has 1 aliphatic rings.